The van der Waals surface area contributed by atoms with Gasteiger partial charge in [0.25, 0.3) is 0 Å². The standard InChI is InChI=1S/C34H47N4O3P/c1-2-38-33(22-31(35-38)21-27-11-5-3-6-12-27)29-15-19-36(20-16-29)23-30-24-37(25-32(30)28-13-7-4-8-14-28)26-34(42(39,40)41)17-9-10-18-34/h3-8,11-14,22,29-30,32H,2,9-10,15-21,23-26H2,1H3,(H2,39,40,41)/t30-,32+/m0/s1. The normalized spacial score (nSPS) is 24.0. The van der Waals surface area contributed by atoms with Crippen LogP contribution < -0.4 is 0 Å². The van der Waals surface area contributed by atoms with Crippen molar-refractivity contribution < 1.29 is 14.4 Å². The van der Waals surface area contributed by atoms with Crippen LogP contribution in [0.25, 0.3) is 0 Å². The summed E-state index contributed by atoms with van der Waals surface area (Å²) in [7, 11) is -4.16. The Hall–Kier alpha value is -2.28. The first kappa shape index (κ1) is 29.8. The number of likely N-dealkylation sites (tertiary alicyclic amines) is 2. The number of nitrogens with zero attached hydrogens (tertiary/aromatic N) is 4. The summed E-state index contributed by atoms with van der Waals surface area (Å²) in [5.41, 5.74) is 5.20. The van der Waals surface area contributed by atoms with Crippen molar-refractivity contribution in [1.29, 1.82) is 0 Å². The number of hydrogen-bond donors (Lipinski definition) is 2. The summed E-state index contributed by atoms with van der Waals surface area (Å²) in [5.74, 6) is 1.38. The summed E-state index contributed by atoms with van der Waals surface area (Å²) in [6.07, 6.45) is 6.29. The minimum absolute atomic E-state index is 0.390. The smallest absolute Gasteiger partial charge is 0.324 e. The fourth-order valence-corrected chi connectivity index (χ4v) is 9.33. The lowest BCUT2D eigenvalue weighted by Crippen LogP contribution is -2.41. The van der Waals surface area contributed by atoms with Crippen molar-refractivity contribution in [2.45, 2.75) is 75.4 Å². The van der Waals surface area contributed by atoms with E-state index in [0.29, 0.717) is 37.1 Å². The van der Waals surface area contributed by atoms with Gasteiger partial charge in [0.15, 0.2) is 0 Å². The molecule has 0 radical (unpaired) electrons. The summed E-state index contributed by atoms with van der Waals surface area (Å²) < 4.78 is 14.9. The molecular weight excluding hydrogens is 543 g/mol. The number of aryl methyl sites for hydroxylation is 1. The first-order valence-corrected chi connectivity index (χ1v) is 17.6. The van der Waals surface area contributed by atoms with Gasteiger partial charge in [-0.3, -0.25) is 9.25 Å². The maximum atomic E-state index is 12.6. The SMILES string of the molecule is CCn1nc(Cc2ccccc2)cc1C1CCN(C[C@H]2CN(CC3(P(=O)(O)O)CCCC3)C[C@@H]2c2ccccc2)CC1. The van der Waals surface area contributed by atoms with Gasteiger partial charge in [-0.15, -0.1) is 0 Å². The first-order valence-electron chi connectivity index (χ1n) is 16.0. The van der Waals surface area contributed by atoms with Crippen LogP contribution in [0.1, 0.15) is 79.8 Å². The summed E-state index contributed by atoms with van der Waals surface area (Å²) in [6, 6.07) is 23.7. The Kier molecular flexibility index (Phi) is 9.04. The van der Waals surface area contributed by atoms with Gasteiger partial charge in [0, 0.05) is 56.7 Å². The summed E-state index contributed by atoms with van der Waals surface area (Å²) in [5, 5.41) is 4.10. The molecule has 0 bridgehead atoms. The van der Waals surface area contributed by atoms with Crippen LogP contribution in [0.2, 0.25) is 0 Å². The number of hydrogen-bond acceptors (Lipinski definition) is 4. The molecule has 226 valence electrons. The molecule has 2 aromatic carbocycles. The van der Waals surface area contributed by atoms with Crippen molar-refractivity contribution in [3.05, 3.63) is 89.2 Å². The summed E-state index contributed by atoms with van der Waals surface area (Å²) in [4.78, 5) is 25.7. The highest BCUT2D eigenvalue weighted by atomic mass is 31.2. The molecule has 0 spiro atoms. The number of benzene rings is 2. The summed E-state index contributed by atoms with van der Waals surface area (Å²) >= 11 is 0. The molecule has 42 heavy (non-hydrogen) atoms. The lowest BCUT2D eigenvalue weighted by atomic mass is 9.87. The van der Waals surface area contributed by atoms with Gasteiger partial charge in [-0.2, -0.15) is 5.10 Å². The zero-order valence-electron chi connectivity index (χ0n) is 25.0. The van der Waals surface area contributed by atoms with E-state index in [2.05, 4.69) is 88.1 Å². The van der Waals surface area contributed by atoms with Gasteiger partial charge in [0.05, 0.1) is 10.9 Å². The highest BCUT2D eigenvalue weighted by Gasteiger charge is 2.51. The van der Waals surface area contributed by atoms with Crippen molar-refractivity contribution in [2.75, 3.05) is 39.3 Å². The zero-order valence-corrected chi connectivity index (χ0v) is 25.9. The minimum atomic E-state index is -4.16. The average Bonchev–Trinajstić information content (AvgIpc) is 3.74. The maximum Gasteiger partial charge on any atom is 0.332 e. The molecule has 6 rings (SSSR count). The Morgan fingerprint density at radius 1 is 0.929 bits per heavy atom. The van der Waals surface area contributed by atoms with Crippen LogP contribution >= 0.6 is 7.60 Å². The zero-order chi connectivity index (χ0) is 29.2. The molecule has 1 saturated carbocycles. The number of piperidine rings is 1. The molecule has 2 saturated heterocycles. The monoisotopic (exact) mass is 590 g/mol. The molecule has 3 aromatic rings. The molecule has 7 nitrogen and oxygen atoms in total. The Morgan fingerprint density at radius 3 is 2.24 bits per heavy atom. The molecule has 3 aliphatic rings. The van der Waals surface area contributed by atoms with Gasteiger partial charge >= 0.3 is 7.60 Å². The highest BCUT2D eigenvalue weighted by molar-refractivity contribution is 7.53. The molecule has 2 N–H and O–H groups in total. The molecule has 0 amide bonds. The van der Waals surface area contributed by atoms with Crippen LogP contribution in [0.15, 0.2) is 66.7 Å². The second kappa shape index (κ2) is 12.8. The van der Waals surface area contributed by atoms with Gasteiger partial charge in [0.1, 0.15) is 0 Å². The van der Waals surface area contributed by atoms with Crippen molar-refractivity contribution in [3.8, 4) is 0 Å². The van der Waals surface area contributed by atoms with E-state index in [-0.39, 0.29) is 0 Å². The van der Waals surface area contributed by atoms with E-state index in [4.69, 9.17) is 5.10 Å². The number of aromatic nitrogens is 2. The van der Waals surface area contributed by atoms with E-state index in [1.807, 2.05) is 0 Å². The third kappa shape index (κ3) is 6.46. The van der Waals surface area contributed by atoms with Crippen molar-refractivity contribution in [2.24, 2.45) is 5.92 Å². The predicted molar refractivity (Wildman–Crippen MR) is 168 cm³/mol. The Morgan fingerprint density at radius 2 is 1.60 bits per heavy atom. The highest BCUT2D eigenvalue weighted by Crippen LogP contribution is 2.59. The third-order valence-electron chi connectivity index (χ3n) is 10.3. The Bertz CT molecular complexity index is 1340. The van der Waals surface area contributed by atoms with Crippen molar-refractivity contribution in [3.63, 3.8) is 0 Å². The second-order valence-electron chi connectivity index (χ2n) is 13.1. The van der Waals surface area contributed by atoms with Crippen LogP contribution in [0.5, 0.6) is 0 Å². The molecule has 3 fully saturated rings. The second-order valence-corrected chi connectivity index (χ2v) is 15.1. The van der Waals surface area contributed by atoms with Gasteiger partial charge in [0.2, 0.25) is 0 Å². The topological polar surface area (TPSA) is 81.8 Å². The van der Waals surface area contributed by atoms with E-state index >= 15 is 0 Å². The van der Waals surface area contributed by atoms with E-state index < -0.39 is 12.8 Å². The Balaban J connectivity index is 1.11. The molecule has 2 aliphatic heterocycles. The van der Waals surface area contributed by atoms with Crippen LogP contribution in [0, 0.1) is 5.92 Å². The van der Waals surface area contributed by atoms with Gasteiger partial charge < -0.3 is 19.6 Å². The molecule has 2 atom stereocenters. The quantitative estimate of drug-likeness (QED) is 0.287. The fourth-order valence-electron chi connectivity index (χ4n) is 8.05. The van der Waals surface area contributed by atoms with Crippen LogP contribution in [0.4, 0.5) is 0 Å². The van der Waals surface area contributed by atoms with Crippen LogP contribution in [0.3, 0.4) is 0 Å². The van der Waals surface area contributed by atoms with Crippen molar-refractivity contribution in [1.82, 2.24) is 19.6 Å². The Labute approximate surface area is 251 Å². The maximum absolute atomic E-state index is 12.6. The number of rotatable bonds is 10. The van der Waals surface area contributed by atoms with E-state index in [1.54, 1.807) is 0 Å². The first-order chi connectivity index (χ1) is 20.3. The molecule has 0 unspecified atom stereocenters. The third-order valence-corrected chi connectivity index (χ3v) is 12.1. The predicted octanol–water partition coefficient (Wildman–Crippen LogP) is 5.88. The van der Waals surface area contributed by atoms with E-state index in [9.17, 15) is 14.4 Å². The van der Waals surface area contributed by atoms with E-state index in [1.165, 1.54) is 16.8 Å². The lowest BCUT2D eigenvalue weighted by Gasteiger charge is -2.35. The molecule has 8 heteroatoms. The molecule has 1 aromatic heterocycles. The van der Waals surface area contributed by atoms with Crippen molar-refractivity contribution >= 4 is 7.60 Å². The molecule has 1 aliphatic carbocycles. The largest absolute Gasteiger partial charge is 0.332 e. The average molecular weight is 591 g/mol. The van der Waals surface area contributed by atoms with E-state index in [0.717, 1.165) is 77.1 Å². The van der Waals surface area contributed by atoms with Gasteiger partial charge in [-0.1, -0.05) is 73.5 Å². The fraction of sp³-hybridized carbons (Fsp3) is 0.559. The van der Waals surface area contributed by atoms with Crippen LogP contribution in [-0.2, 0) is 17.5 Å². The van der Waals surface area contributed by atoms with Crippen LogP contribution in [-0.4, -0.2) is 73.8 Å². The van der Waals surface area contributed by atoms with Gasteiger partial charge in [-0.05, 0) is 68.8 Å². The molecular formula is C34H47N4O3P. The summed E-state index contributed by atoms with van der Waals surface area (Å²) in [6.45, 7) is 8.60. The van der Waals surface area contributed by atoms with Gasteiger partial charge in [-0.25, -0.2) is 0 Å². The lowest BCUT2D eigenvalue weighted by molar-refractivity contribution is 0.173. The minimum Gasteiger partial charge on any atom is -0.324 e. The molecule has 3 heterocycles.